The zero-order valence-corrected chi connectivity index (χ0v) is 12.8. The van der Waals surface area contributed by atoms with Crippen LogP contribution in [0.3, 0.4) is 0 Å². The molecule has 2 atom stereocenters. The Hall–Kier alpha value is -0.750. The lowest BCUT2D eigenvalue weighted by molar-refractivity contribution is -0.137. The summed E-state index contributed by atoms with van der Waals surface area (Å²) in [7, 11) is 0. The first-order chi connectivity index (χ1) is 10.2. The Balaban J connectivity index is 1.82. The molecule has 2 heterocycles. The molecular weight excluding hydrogens is 316 g/mol. The lowest BCUT2D eigenvalue weighted by atomic mass is 9.81. The normalized spacial score (nSPS) is 32.0. The monoisotopic (exact) mass is 334 g/mol. The second-order valence-corrected chi connectivity index (χ2v) is 8.07. The maximum absolute atomic E-state index is 13.5. The summed E-state index contributed by atoms with van der Waals surface area (Å²) >= 11 is 1.88. The molecule has 122 valence electrons. The van der Waals surface area contributed by atoms with Crippen molar-refractivity contribution < 1.29 is 22.7 Å². The molecule has 22 heavy (non-hydrogen) atoms. The Kier molecular flexibility index (Phi) is 4.18. The minimum atomic E-state index is -4.57. The number of fused-ring (bicyclic) bond motifs is 2. The number of alkyl halides is 3. The molecule has 6 heteroatoms. The van der Waals surface area contributed by atoms with Crippen LogP contribution < -0.4 is 0 Å². The predicted molar refractivity (Wildman–Crippen MR) is 78.3 cm³/mol. The molecule has 2 unspecified atom stereocenters. The van der Waals surface area contributed by atoms with E-state index in [9.17, 15) is 22.7 Å². The molecule has 1 N–H and O–H groups in total. The Morgan fingerprint density at radius 1 is 1.14 bits per heavy atom. The largest absolute Gasteiger partial charge is 0.416 e. The fourth-order valence-corrected chi connectivity index (χ4v) is 5.62. The highest BCUT2D eigenvalue weighted by molar-refractivity contribution is 8.00. The molecule has 2 saturated heterocycles. The van der Waals surface area contributed by atoms with E-state index in [0.29, 0.717) is 29.4 Å². The molecule has 3 rings (SSSR count). The Bertz CT molecular complexity index is 546. The first kappa shape index (κ1) is 16.1. The van der Waals surface area contributed by atoms with Gasteiger partial charge in [-0.2, -0.15) is 24.9 Å². The highest BCUT2D eigenvalue weighted by Gasteiger charge is 2.41. The Morgan fingerprint density at radius 2 is 1.77 bits per heavy atom. The second-order valence-electron chi connectivity index (χ2n) is 6.47. The topological polar surface area (TPSA) is 20.2 Å². The minimum absolute atomic E-state index is 0.0847. The maximum Gasteiger partial charge on any atom is 0.416 e. The van der Waals surface area contributed by atoms with Crippen molar-refractivity contribution in [2.75, 3.05) is 0 Å². The van der Waals surface area contributed by atoms with Crippen molar-refractivity contribution in [2.45, 2.75) is 60.8 Å². The molecular formula is C16H18F4OS. The van der Waals surface area contributed by atoms with E-state index in [1.54, 1.807) is 0 Å². The summed E-state index contributed by atoms with van der Waals surface area (Å²) in [6.45, 7) is 0. The molecule has 0 aliphatic carbocycles. The molecule has 2 bridgehead atoms. The lowest BCUT2D eigenvalue weighted by Crippen LogP contribution is -2.44. The van der Waals surface area contributed by atoms with E-state index >= 15 is 0 Å². The van der Waals surface area contributed by atoms with Crippen LogP contribution in [0, 0.1) is 5.82 Å². The molecule has 0 spiro atoms. The van der Waals surface area contributed by atoms with E-state index < -0.39 is 23.2 Å². The minimum Gasteiger partial charge on any atom is -0.389 e. The Labute approximate surface area is 131 Å². The number of aliphatic hydroxyl groups is 1. The van der Waals surface area contributed by atoms with Crippen LogP contribution in [0.4, 0.5) is 17.6 Å². The summed E-state index contributed by atoms with van der Waals surface area (Å²) in [6, 6.07) is 2.56. The van der Waals surface area contributed by atoms with E-state index in [4.69, 9.17) is 0 Å². The third kappa shape index (κ3) is 3.59. The van der Waals surface area contributed by atoms with E-state index in [-0.39, 0.29) is 12.0 Å². The van der Waals surface area contributed by atoms with Gasteiger partial charge in [-0.3, -0.25) is 0 Å². The van der Waals surface area contributed by atoms with Crippen molar-refractivity contribution in [3.8, 4) is 0 Å². The SMILES string of the molecule is OC1(Cc2cc(F)cc(C(F)(F)F)c2)CC2CCCC(C1)S2. The maximum atomic E-state index is 13.5. The quantitative estimate of drug-likeness (QED) is 0.800. The van der Waals surface area contributed by atoms with Crippen molar-refractivity contribution in [1.82, 2.24) is 0 Å². The van der Waals surface area contributed by atoms with Crippen molar-refractivity contribution in [1.29, 1.82) is 0 Å². The fraction of sp³-hybridized carbons (Fsp3) is 0.625. The summed E-state index contributed by atoms with van der Waals surface area (Å²) in [6.07, 6.45) is -0.102. The standard InChI is InChI=1S/C16H18F4OS/c17-12-5-10(4-11(6-12)16(18,19)20)7-15(21)8-13-2-1-3-14(9-15)22-13/h4-6,13-14,21H,1-3,7-9H2. The van der Waals surface area contributed by atoms with E-state index in [1.807, 2.05) is 11.8 Å². The van der Waals surface area contributed by atoms with Gasteiger partial charge in [0.1, 0.15) is 5.82 Å². The third-order valence-corrected chi connectivity index (χ3v) is 6.04. The zero-order chi connectivity index (χ0) is 16.0. The number of hydrogen-bond acceptors (Lipinski definition) is 2. The van der Waals surface area contributed by atoms with E-state index in [0.717, 1.165) is 31.4 Å². The zero-order valence-electron chi connectivity index (χ0n) is 12.0. The highest BCUT2D eigenvalue weighted by atomic mass is 32.2. The van der Waals surface area contributed by atoms with Gasteiger partial charge in [0.05, 0.1) is 11.2 Å². The fourth-order valence-electron chi connectivity index (χ4n) is 3.65. The molecule has 1 aromatic rings. The van der Waals surface area contributed by atoms with Gasteiger partial charge in [0.2, 0.25) is 0 Å². The lowest BCUT2D eigenvalue weighted by Gasteiger charge is -2.44. The average molecular weight is 334 g/mol. The van der Waals surface area contributed by atoms with Crippen LogP contribution in [-0.2, 0) is 12.6 Å². The van der Waals surface area contributed by atoms with Crippen LogP contribution in [0.1, 0.15) is 43.2 Å². The molecule has 2 fully saturated rings. The van der Waals surface area contributed by atoms with Gasteiger partial charge < -0.3 is 5.11 Å². The van der Waals surface area contributed by atoms with Gasteiger partial charge in [0, 0.05) is 16.9 Å². The van der Waals surface area contributed by atoms with Gasteiger partial charge in [-0.1, -0.05) is 6.42 Å². The number of hydrogen-bond donors (Lipinski definition) is 1. The van der Waals surface area contributed by atoms with Gasteiger partial charge >= 0.3 is 6.18 Å². The van der Waals surface area contributed by atoms with Crippen molar-refractivity contribution >= 4 is 11.8 Å². The van der Waals surface area contributed by atoms with Crippen molar-refractivity contribution in [2.24, 2.45) is 0 Å². The molecule has 0 amide bonds. The summed E-state index contributed by atoms with van der Waals surface area (Å²) < 4.78 is 51.8. The van der Waals surface area contributed by atoms with Crippen LogP contribution >= 0.6 is 11.8 Å². The molecule has 0 aromatic heterocycles. The van der Waals surface area contributed by atoms with Crippen LogP contribution in [0.5, 0.6) is 0 Å². The van der Waals surface area contributed by atoms with E-state index in [2.05, 4.69) is 0 Å². The Morgan fingerprint density at radius 3 is 2.36 bits per heavy atom. The van der Waals surface area contributed by atoms with Gasteiger partial charge in [0.25, 0.3) is 0 Å². The smallest absolute Gasteiger partial charge is 0.389 e. The molecule has 1 aromatic carbocycles. The van der Waals surface area contributed by atoms with Crippen LogP contribution in [0.25, 0.3) is 0 Å². The van der Waals surface area contributed by atoms with Gasteiger partial charge in [-0.05, 0) is 49.4 Å². The van der Waals surface area contributed by atoms with Crippen molar-refractivity contribution in [3.05, 3.63) is 35.1 Å². The summed E-state index contributed by atoms with van der Waals surface area (Å²) in [5.41, 5.74) is -1.78. The second kappa shape index (κ2) is 5.71. The first-order valence-electron chi connectivity index (χ1n) is 7.48. The number of rotatable bonds is 2. The predicted octanol–water partition coefficient (Wildman–Crippen LogP) is 4.57. The third-order valence-electron chi connectivity index (χ3n) is 4.47. The summed E-state index contributed by atoms with van der Waals surface area (Å²) in [5, 5.41) is 11.5. The molecule has 2 aliphatic rings. The molecule has 0 saturated carbocycles. The van der Waals surface area contributed by atoms with Gasteiger partial charge in [-0.15, -0.1) is 0 Å². The summed E-state index contributed by atoms with van der Waals surface area (Å²) in [5.74, 6) is -0.904. The van der Waals surface area contributed by atoms with Crippen LogP contribution in [0.15, 0.2) is 18.2 Å². The average Bonchev–Trinajstić information content (AvgIpc) is 2.35. The molecule has 2 aliphatic heterocycles. The highest BCUT2D eigenvalue weighted by Crippen LogP contribution is 2.46. The number of benzene rings is 1. The van der Waals surface area contributed by atoms with E-state index in [1.165, 1.54) is 0 Å². The first-order valence-corrected chi connectivity index (χ1v) is 8.42. The van der Waals surface area contributed by atoms with Crippen LogP contribution in [0.2, 0.25) is 0 Å². The summed E-state index contributed by atoms with van der Waals surface area (Å²) in [4.78, 5) is 0. The van der Waals surface area contributed by atoms with Gasteiger partial charge in [-0.25, -0.2) is 4.39 Å². The number of thioether (sulfide) groups is 1. The van der Waals surface area contributed by atoms with Gasteiger partial charge in [0.15, 0.2) is 0 Å². The molecule has 0 radical (unpaired) electrons. The molecule has 1 nitrogen and oxygen atoms in total. The number of halogens is 4. The van der Waals surface area contributed by atoms with Crippen LogP contribution in [-0.4, -0.2) is 21.2 Å². The van der Waals surface area contributed by atoms with Crippen molar-refractivity contribution in [3.63, 3.8) is 0 Å².